The predicted octanol–water partition coefficient (Wildman–Crippen LogP) is 2.36. The molecule has 2 bridgehead atoms. The summed E-state index contributed by atoms with van der Waals surface area (Å²) in [6, 6.07) is 1.79. The normalized spacial score (nSPS) is 30.1. The van der Waals surface area contributed by atoms with Crippen molar-refractivity contribution in [2.24, 2.45) is 0 Å². The molecule has 1 aromatic rings. The maximum atomic E-state index is 13.4. The van der Waals surface area contributed by atoms with Gasteiger partial charge in [0, 0.05) is 13.6 Å². The summed E-state index contributed by atoms with van der Waals surface area (Å²) in [6.07, 6.45) is -3.50. The molecule has 9 nitrogen and oxygen atoms in total. The zero-order chi connectivity index (χ0) is 22.2. The maximum Gasteiger partial charge on any atom is 0.428 e. The molecule has 1 spiro atoms. The van der Waals surface area contributed by atoms with Gasteiger partial charge in [-0.25, -0.2) is 18.0 Å². The number of hydrogen-bond donors (Lipinski definition) is 0. The molecule has 4 rings (SSSR count). The van der Waals surface area contributed by atoms with Gasteiger partial charge in [-0.1, -0.05) is 0 Å². The molecule has 0 aliphatic carbocycles. The van der Waals surface area contributed by atoms with E-state index in [4.69, 9.17) is 14.2 Å². The van der Waals surface area contributed by atoms with E-state index in [0.717, 1.165) is 3.57 Å². The lowest BCUT2D eigenvalue weighted by Gasteiger charge is -2.40. The Bertz CT molecular complexity index is 1080. The van der Waals surface area contributed by atoms with Crippen LogP contribution >= 0.6 is 67.8 Å². The lowest BCUT2D eigenvalue weighted by molar-refractivity contribution is -0.192. The molecule has 15 heteroatoms. The van der Waals surface area contributed by atoms with Crippen LogP contribution in [-0.2, 0) is 29.1 Å². The lowest BCUT2D eigenvalue weighted by Crippen LogP contribution is -2.55. The van der Waals surface area contributed by atoms with E-state index in [1.54, 1.807) is 6.07 Å². The van der Waals surface area contributed by atoms with Gasteiger partial charge in [0.25, 0.3) is 5.79 Å². The second-order valence-corrected chi connectivity index (χ2v) is 11.5. The fourth-order valence-corrected chi connectivity index (χ4v) is 6.22. The second kappa shape index (κ2) is 7.45. The summed E-state index contributed by atoms with van der Waals surface area (Å²) in [5.74, 6) is -4.32. The van der Waals surface area contributed by atoms with E-state index in [-0.39, 0.29) is 18.4 Å². The maximum absolute atomic E-state index is 13.4. The van der Waals surface area contributed by atoms with Gasteiger partial charge in [-0.2, -0.15) is 8.78 Å². The molecule has 3 aliphatic rings. The van der Waals surface area contributed by atoms with Crippen LogP contribution in [0.25, 0.3) is 0 Å². The molecular weight excluding hydrogens is 775 g/mol. The highest BCUT2D eigenvalue weighted by atomic mass is 127. The molecule has 3 heterocycles. The molecule has 1 aromatic carbocycles. The second-order valence-electron chi connectivity index (χ2n) is 6.68. The highest BCUT2D eigenvalue weighted by Crippen LogP contribution is 2.51. The van der Waals surface area contributed by atoms with Crippen LogP contribution in [0.15, 0.2) is 6.07 Å². The molecule has 0 radical (unpaired) electrons. The number of hydrogen-bond acceptors (Lipinski definition) is 9. The fraction of sp³-hybridized carbons (Fsp3) is 0.467. The van der Waals surface area contributed by atoms with Crippen LogP contribution in [0.1, 0.15) is 23.2 Å². The summed E-state index contributed by atoms with van der Waals surface area (Å²) in [6.45, 7) is 0. The van der Waals surface area contributed by atoms with Crippen molar-refractivity contribution in [3.63, 3.8) is 0 Å². The summed E-state index contributed by atoms with van der Waals surface area (Å²) >= 11 is 6.10. The Morgan fingerprint density at radius 2 is 1.93 bits per heavy atom. The summed E-state index contributed by atoms with van der Waals surface area (Å²) in [4.78, 5) is 24.2. The standard InChI is InChI=1S/C15H9F2I3O9S/c16-15(17,30(23,24)25)13(22)27-6-2-8-14(3-7(6)26-8)28-11-9(12(21)29-14)4(18)1-5(19)10(11)20/h1,6-8H,2-3H2,(H,23,24,25)/p-1. The minimum absolute atomic E-state index is 0.130. The van der Waals surface area contributed by atoms with Crippen molar-refractivity contribution in [1.29, 1.82) is 0 Å². The van der Waals surface area contributed by atoms with E-state index in [0.29, 0.717) is 12.9 Å². The fourth-order valence-electron chi connectivity index (χ4n) is 3.50. The number of carbonyl (C=O) groups excluding carboxylic acids is 2. The Kier molecular flexibility index (Phi) is 5.73. The van der Waals surface area contributed by atoms with Gasteiger partial charge in [-0.05, 0) is 73.8 Å². The molecule has 164 valence electrons. The molecule has 0 saturated carbocycles. The summed E-state index contributed by atoms with van der Waals surface area (Å²) < 4.78 is 82.4. The first-order valence-corrected chi connectivity index (χ1v) is 12.7. The molecule has 2 saturated heterocycles. The van der Waals surface area contributed by atoms with Crippen molar-refractivity contribution in [2.75, 3.05) is 0 Å². The van der Waals surface area contributed by atoms with Crippen molar-refractivity contribution in [1.82, 2.24) is 0 Å². The highest BCUT2D eigenvalue weighted by molar-refractivity contribution is 14.1. The monoisotopic (exact) mass is 783 g/mol. The molecule has 3 aliphatic heterocycles. The average molecular weight is 783 g/mol. The van der Waals surface area contributed by atoms with Crippen LogP contribution in [0.4, 0.5) is 8.78 Å². The summed E-state index contributed by atoms with van der Waals surface area (Å²) in [7, 11) is -6.23. The van der Waals surface area contributed by atoms with Gasteiger partial charge < -0.3 is 23.5 Å². The van der Waals surface area contributed by atoms with E-state index in [1.165, 1.54) is 0 Å². The number of alkyl halides is 2. The topological polar surface area (TPSA) is 128 Å². The van der Waals surface area contributed by atoms with E-state index in [1.807, 2.05) is 45.2 Å². The van der Waals surface area contributed by atoms with Gasteiger partial charge in [0.15, 0.2) is 15.9 Å². The Labute approximate surface area is 208 Å². The minimum Gasteiger partial charge on any atom is -0.743 e. The van der Waals surface area contributed by atoms with Gasteiger partial charge in [0.05, 0.1) is 9.99 Å². The Morgan fingerprint density at radius 1 is 1.27 bits per heavy atom. The van der Waals surface area contributed by atoms with Crippen LogP contribution in [0, 0.1) is 10.7 Å². The molecule has 0 amide bonds. The molecule has 4 unspecified atom stereocenters. The first kappa shape index (κ1) is 23.1. The number of ether oxygens (including phenoxy) is 4. The predicted molar refractivity (Wildman–Crippen MR) is 116 cm³/mol. The van der Waals surface area contributed by atoms with Crippen LogP contribution in [-0.4, -0.2) is 54.3 Å². The number of esters is 2. The quantitative estimate of drug-likeness (QED) is 0.197. The Morgan fingerprint density at radius 3 is 2.50 bits per heavy atom. The van der Waals surface area contributed by atoms with Crippen LogP contribution in [0.5, 0.6) is 5.75 Å². The largest absolute Gasteiger partial charge is 0.743 e. The highest BCUT2D eigenvalue weighted by Gasteiger charge is 2.65. The number of benzene rings is 1. The first-order valence-electron chi connectivity index (χ1n) is 8.06. The number of rotatable bonds is 3. The third-order valence-corrected chi connectivity index (χ3v) is 9.46. The van der Waals surface area contributed by atoms with Gasteiger partial charge in [-0.3, -0.25) is 0 Å². The molecule has 30 heavy (non-hydrogen) atoms. The van der Waals surface area contributed by atoms with Crippen LogP contribution in [0.2, 0.25) is 0 Å². The smallest absolute Gasteiger partial charge is 0.428 e. The zero-order valence-electron chi connectivity index (χ0n) is 14.2. The van der Waals surface area contributed by atoms with Gasteiger partial charge in [0.1, 0.15) is 23.9 Å². The van der Waals surface area contributed by atoms with Crippen molar-refractivity contribution in [3.05, 3.63) is 22.3 Å². The van der Waals surface area contributed by atoms with Crippen LogP contribution < -0.4 is 4.74 Å². The first-order chi connectivity index (χ1) is 13.8. The SMILES string of the molecule is O=C1OC2(CC3OC2CC3OC(=O)C(F)(F)S(=O)(=O)[O-])Oc2c(I)c(I)cc(I)c21. The average Bonchev–Trinajstić information content (AvgIpc) is 3.15. The van der Waals surface area contributed by atoms with Crippen molar-refractivity contribution in [2.45, 2.75) is 42.2 Å². The Balaban J connectivity index is 1.56. The third kappa shape index (κ3) is 3.50. The zero-order valence-corrected chi connectivity index (χ0v) is 21.5. The van der Waals surface area contributed by atoms with Crippen molar-refractivity contribution in [3.8, 4) is 5.75 Å². The Hall–Kier alpha value is -0.120. The van der Waals surface area contributed by atoms with E-state index < -0.39 is 51.4 Å². The number of halogens is 5. The van der Waals surface area contributed by atoms with Crippen molar-refractivity contribution < 1.29 is 50.3 Å². The van der Waals surface area contributed by atoms with E-state index in [9.17, 15) is 31.3 Å². The molecular formula is C15H8F2I3O9S-. The minimum atomic E-state index is -6.23. The van der Waals surface area contributed by atoms with Crippen LogP contribution in [0.3, 0.4) is 0 Å². The van der Waals surface area contributed by atoms with Gasteiger partial charge in [-0.15, -0.1) is 0 Å². The third-order valence-electron chi connectivity index (χ3n) is 4.86. The molecule has 0 N–H and O–H groups in total. The van der Waals surface area contributed by atoms with E-state index >= 15 is 0 Å². The number of fused-ring (bicyclic) bond motifs is 4. The van der Waals surface area contributed by atoms with Gasteiger partial charge >= 0.3 is 17.2 Å². The molecule has 4 atom stereocenters. The van der Waals surface area contributed by atoms with E-state index in [2.05, 4.69) is 27.3 Å². The molecule has 0 aromatic heterocycles. The number of carbonyl (C=O) groups is 2. The van der Waals surface area contributed by atoms with Gasteiger partial charge in [0.2, 0.25) is 0 Å². The lowest BCUT2D eigenvalue weighted by atomic mass is 9.90. The summed E-state index contributed by atoms with van der Waals surface area (Å²) in [5, 5.41) is -5.22. The van der Waals surface area contributed by atoms with Crippen molar-refractivity contribution >= 4 is 89.8 Å². The summed E-state index contributed by atoms with van der Waals surface area (Å²) in [5.41, 5.74) is 0.261. The molecule has 2 fully saturated rings.